The highest BCUT2D eigenvalue weighted by molar-refractivity contribution is 7.91. The lowest BCUT2D eigenvalue weighted by Crippen LogP contribution is -2.40. The molecule has 6 heteroatoms. The zero-order chi connectivity index (χ0) is 24.7. The van der Waals surface area contributed by atoms with Crippen LogP contribution in [-0.4, -0.2) is 43.4 Å². The highest BCUT2D eigenvalue weighted by Gasteiger charge is 2.35. The average Bonchev–Trinajstić information content (AvgIpc) is 3.24. The molecule has 0 N–H and O–H groups in total. The Kier molecular flexibility index (Phi) is 8.45. The van der Waals surface area contributed by atoms with Gasteiger partial charge in [0.1, 0.15) is 5.75 Å². The second-order valence-electron chi connectivity index (χ2n) is 9.42. The van der Waals surface area contributed by atoms with E-state index < -0.39 is 9.84 Å². The fraction of sp³-hybridized carbons (Fsp3) is 0.414. The number of hydrogen-bond donors (Lipinski definition) is 0. The van der Waals surface area contributed by atoms with Crippen LogP contribution in [0.3, 0.4) is 0 Å². The Balaban J connectivity index is 1.50. The summed E-state index contributed by atoms with van der Waals surface area (Å²) < 4.78 is 30.3. The minimum atomic E-state index is -3.13. The fourth-order valence-corrected chi connectivity index (χ4v) is 6.49. The van der Waals surface area contributed by atoms with Crippen LogP contribution in [0.2, 0.25) is 0 Å². The summed E-state index contributed by atoms with van der Waals surface area (Å²) in [6.07, 6.45) is 6.37. The molecule has 5 nitrogen and oxygen atoms in total. The molecule has 1 unspecified atom stereocenters. The minimum absolute atomic E-state index is 0.0166. The molecule has 3 aromatic carbocycles. The van der Waals surface area contributed by atoms with Gasteiger partial charge < -0.3 is 9.64 Å². The summed E-state index contributed by atoms with van der Waals surface area (Å²) in [6.45, 7) is 3.24. The Morgan fingerprint density at radius 1 is 0.943 bits per heavy atom. The van der Waals surface area contributed by atoms with Crippen molar-refractivity contribution in [2.45, 2.75) is 58.0 Å². The van der Waals surface area contributed by atoms with Crippen LogP contribution in [0.15, 0.2) is 66.7 Å². The number of benzene rings is 3. The number of carbonyl (C=O) groups excluding carboxylic acids is 1. The van der Waals surface area contributed by atoms with Crippen molar-refractivity contribution in [3.05, 3.63) is 77.9 Å². The molecule has 0 aliphatic carbocycles. The zero-order valence-corrected chi connectivity index (χ0v) is 21.3. The molecule has 1 fully saturated rings. The van der Waals surface area contributed by atoms with Gasteiger partial charge in [-0.25, -0.2) is 8.42 Å². The quantitative estimate of drug-likeness (QED) is 0.307. The summed E-state index contributed by atoms with van der Waals surface area (Å²) in [5, 5.41) is 2.18. The van der Waals surface area contributed by atoms with Crippen molar-refractivity contribution in [2.24, 2.45) is 0 Å². The van der Waals surface area contributed by atoms with E-state index in [1.54, 1.807) is 17.0 Å². The molecule has 1 atom stereocenters. The lowest BCUT2D eigenvalue weighted by Gasteiger charge is -2.29. The van der Waals surface area contributed by atoms with Crippen molar-refractivity contribution in [1.29, 1.82) is 0 Å². The smallest absolute Gasteiger partial charge is 0.254 e. The Morgan fingerprint density at radius 3 is 2.43 bits per heavy atom. The number of unbranched alkanes of at least 4 members (excludes halogenated alkanes) is 4. The maximum absolute atomic E-state index is 13.6. The SMILES string of the molecule is CCCCCCCOc1ccc(C(=O)N(Cc2cccc3ccccc23)C2CCS(=O)(=O)C2)cc1. The van der Waals surface area contributed by atoms with Gasteiger partial charge in [-0.2, -0.15) is 0 Å². The number of ether oxygens (including phenoxy) is 1. The molecule has 0 spiro atoms. The number of fused-ring (bicyclic) bond motifs is 1. The second-order valence-corrected chi connectivity index (χ2v) is 11.6. The highest BCUT2D eigenvalue weighted by Crippen LogP contribution is 2.26. The minimum Gasteiger partial charge on any atom is -0.494 e. The topological polar surface area (TPSA) is 63.7 Å². The van der Waals surface area contributed by atoms with Crippen LogP contribution in [-0.2, 0) is 16.4 Å². The van der Waals surface area contributed by atoms with Crippen molar-refractivity contribution in [3.8, 4) is 5.75 Å². The van der Waals surface area contributed by atoms with E-state index >= 15 is 0 Å². The van der Waals surface area contributed by atoms with Crippen molar-refractivity contribution in [3.63, 3.8) is 0 Å². The number of rotatable bonds is 11. The molecule has 1 heterocycles. The standard InChI is InChI=1S/C29H35NO4S/c1-2-3-4-5-8-19-34-27-16-14-24(15-17-27)29(31)30(26-18-20-35(32,33)22-26)21-25-12-9-11-23-10-6-7-13-28(23)25/h6-7,9-17,26H,2-5,8,18-22H2,1H3. The van der Waals surface area contributed by atoms with E-state index in [4.69, 9.17) is 4.74 Å². The third-order valence-electron chi connectivity index (χ3n) is 6.75. The van der Waals surface area contributed by atoms with Crippen LogP contribution >= 0.6 is 0 Å². The van der Waals surface area contributed by atoms with Crippen LogP contribution in [0.5, 0.6) is 5.75 Å². The Bertz CT molecular complexity index is 1230. The van der Waals surface area contributed by atoms with E-state index in [9.17, 15) is 13.2 Å². The maximum Gasteiger partial charge on any atom is 0.254 e. The average molecular weight is 494 g/mol. The molecule has 3 aromatic rings. The monoisotopic (exact) mass is 493 g/mol. The number of nitrogens with zero attached hydrogens (tertiary/aromatic N) is 1. The molecular formula is C29H35NO4S. The molecule has 0 aromatic heterocycles. The molecule has 0 bridgehead atoms. The summed E-state index contributed by atoms with van der Waals surface area (Å²) in [7, 11) is -3.13. The van der Waals surface area contributed by atoms with E-state index in [-0.39, 0.29) is 23.5 Å². The van der Waals surface area contributed by atoms with E-state index in [2.05, 4.69) is 6.92 Å². The fourth-order valence-electron chi connectivity index (χ4n) is 4.76. The first-order chi connectivity index (χ1) is 17.0. The van der Waals surface area contributed by atoms with Gasteiger partial charge in [-0.15, -0.1) is 0 Å². The number of hydrogen-bond acceptors (Lipinski definition) is 4. The van der Waals surface area contributed by atoms with Crippen molar-refractivity contribution < 1.29 is 17.9 Å². The van der Waals surface area contributed by atoms with E-state index in [1.165, 1.54) is 19.3 Å². The lowest BCUT2D eigenvalue weighted by atomic mass is 10.0. The van der Waals surface area contributed by atoms with Gasteiger partial charge in [0.15, 0.2) is 9.84 Å². The maximum atomic E-state index is 13.6. The van der Waals surface area contributed by atoms with Gasteiger partial charge in [-0.1, -0.05) is 75.1 Å². The number of amides is 1. The van der Waals surface area contributed by atoms with Gasteiger partial charge in [0.25, 0.3) is 5.91 Å². The van der Waals surface area contributed by atoms with E-state index in [1.807, 2.05) is 54.6 Å². The molecule has 4 rings (SSSR count). The van der Waals surface area contributed by atoms with E-state index in [0.29, 0.717) is 25.1 Å². The van der Waals surface area contributed by atoms with E-state index in [0.717, 1.165) is 34.9 Å². The molecule has 1 aliphatic rings. The van der Waals surface area contributed by atoms with Gasteiger partial charge in [0.2, 0.25) is 0 Å². The first-order valence-electron chi connectivity index (χ1n) is 12.7. The normalized spacial score (nSPS) is 16.9. The Labute approximate surface area is 209 Å². The summed E-state index contributed by atoms with van der Waals surface area (Å²) in [5.74, 6) is 0.748. The first kappa shape index (κ1) is 25.2. The van der Waals surface area contributed by atoms with Crippen LogP contribution in [0.1, 0.15) is 61.4 Å². The molecule has 186 valence electrons. The van der Waals surface area contributed by atoms with Crippen LogP contribution in [0, 0.1) is 0 Å². The Hall–Kier alpha value is -2.86. The van der Waals surface area contributed by atoms with Gasteiger partial charge >= 0.3 is 0 Å². The molecule has 1 aliphatic heterocycles. The van der Waals surface area contributed by atoms with Crippen molar-refractivity contribution in [1.82, 2.24) is 4.90 Å². The zero-order valence-electron chi connectivity index (χ0n) is 20.5. The Morgan fingerprint density at radius 2 is 1.69 bits per heavy atom. The summed E-state index contributed by atoms with van der Waals surface area (Å²) in [4.78, 5) is 15.4. The molecule has 1 amide bonds. The summed E-state index contributed by atoms with van der Waals surface area (Å²) in [5.41, 5.74) is 1.56. The largest absolute Gasteiger partial charge is 0.494 e. The van der Waals surface area contributed by atoms with Crippen LogP contribution in [0.25, 0.3) is 10.8 Å². The molecule has 1 saturated heterocycles. The third-order valence-corrected chi connectivity index (χ3v) is 8.50. The molecular weight excluding hydrogens is 458 g/mol. The van der Waals surface area contributed by atoms with Crippen molar-refractivity contribution >= 4 is 26.5 Å². The van der Waals surface area contributed by atoms with Gasteiger partial charge in [0.05, 0.1) is 18.1 Å². The molecule has 0 radical (unpaired) electrons. The van der Waals surface area contributed by atoms with Crippen LogP contribution < -0.4 is 4.74 Å². The molecule has 0 saturated carbocycles. The summed E-state index contributed by atoms with van der Waals surface area (Å²) in [6, 6.07) is 21.0. The van der Waals surface area contributed by atoms with Gasteiger partial charge in [-0.05, 0) is 53.4 Å². The molecule has 35 heavy (non-hydrogen) atoms. The predicted molar refractivity (Wildman–Crippen MR) is 142 cm³/mol. The second kappa shape index (κ2) is 11.7. The first-order valence-corrected chi connectivity index (χ1v) is 14.5. The number of sulfone groups is 1. The lowest BCUT2D eigenvalue weighted by molar-refractivity contribution is 0.0682. The van der Waals surface area contributed by atoms with Crippen LogP contribution in [0.4, 0.5) is 0 Å². The summed E-state index contributed by atoms with van der Waals surface area (Å²) >= 11 is 0. The van der Waals surface area contributed by atoms with Gasteiger partial charge in [-0.3, -0.25) is 4.79 Å². The van der Waals surface area contributed by atoms with Gasteiger partial charge in [0, 0.05) is 18.2 Å². The van der Waals surface area contributed by atoms with Crippen molar-refractivity contribution in [2.75, 3.05) is 18.1 Å². The number of carbonyl (C=O) groups is 1. The highest BCUT2D eigenvalue weighted by atomic mass is 32.2. The predicted octanol–water partition coefficient (Wildman–Crippen LogP) is 6.02. The third kappa shape index (κ3) is 6.63.